The zero-order valence-electron chi connectivity index (χ0n) is 17.0. The third-order valence-electron chi connectivity index (χ3n) is 6.83. The molecule has 3 aliphatic rings. The van der Waals surface area contributed by atoms with Crippen molar-refractivity contribution in [2.24, 2.45) is 5.92 Å². The number of benzene rings is 1. The van der Waals surface area contributed by atoms with Crippen LogP contribution in [0.2, 0.25) is 0 Å². The first-order chi connectivity index (χ1) is 14.2. The number of carbonyl (C=O) groups is 1. The van der Waals surface area contributed by atoms with Crippen molar-refractivity contribution in [3.63, 3.8) is 0 Å². The minimum atomic E-state index is 0.102. The molecule has 1 fully saturated rings. The zero-order chi connectivity index (χ0) is 20.0. The number of nitrogens with zero attached hydrogens (tertiary/aromatic N) is 2. The molecule has 0 unspecified atom stereocenters. The van der Waals surface area contributed by atoms with Crippen molar-refractivity contribution in [2.75, 3.05) is 19.7 Å². The fourth-order valence-corrected chi connectivity index (χ4v) is 5.55. The summed E-state index contributed by atoms with van der Waals surface area (Å²) in [5.41, 5.74) is 3.10. The molecule has 0 spiro atoms. The van der Waals surface area contributed by atoms with E-state index >= 15 is 0 Å². The predicted octanol–water partition coefficient (Wildman–Crippen LogP) is 3.77. The van der Waals surface area contributed by atoms with E-state index in [1.165, 1.54) is 0 Å². The molecule has 3 aliphatic heterocycles. The van der Waals surface area contributed by atoms with Crippen molar-refractivity contribution >= 4 is 5.91 Å². The first-order valence-electron chi connectivity index (χ1n) is 10.9. The van der Waals surface area contributed by atoms with Gasteiger partial charge in [-0.1, -0.05) is 19.4 Å². The number of likely N-dealkylation sites (tertiary alicyclic amines) is 1. The maximum atomic E-state index is 13.4. The van der Waals surface area contributed by atoms with Crippen molar-refractivity contribution in [1.82, 2.24) is 9.47 Å². The number of fused-ring (bicyclic) bond motifs is 5. The molecule has 3 atom stereocenters. The van der Waals surface area contributed by atoms with Crippen molar-refractivity contribution in [1.29, 1.82) is 0 Å². The number of hydrogen-bond donors (Lipinski definition) is 0. The van der Waals surface area contributed by atoms with Crippen LogP contribution in [0.5, 0.6) is 5.75 Å². The highest BCUT2D eigenvalue weighted by Crippen LogP contribution is 2.43. The lowest BCUT2D eigenvalue weighted by molar-refractivity contribution is 0.0518. The summed E-state index contributed by atoms with van der Waals surface area (Å²) >= 11 is 0. The molecule has 4 heterocycles. The van der Waals surface area contributed by atoms with Crippen LogP contribution >= 0.6 is 0 Å². The summed E-state index contributed by atoms with van der Waals surface area (Å²) in [5.74, 6) is 1.60. The van der Waals surface area contributed by atoms with E-state index in [-0.39, 0.29) is 23.4 Å². The van der Waals surface area contributed by atoms with Crippen molar-refractivity contribution in [2.45, 2.75) is 51.0 Å². The van der Waals surface area contributed by atoms with Gasteiger partial charge >= 0.3 is 0 Å². The lowest BCUT2D eigenvalue weighted by Crippen LogP contribution is -2.51. The summed E-state index contributed by atoms with van der Waals surface area (Å²) in [6, 6.07) is 11.7. The van der Waals surface area contributed by atoms with Crippen molar-refractivity contribution < 1.29 is 9.53 Å². The van der Waals surface area contributed by atoms with Crippen LogP contribution in [-0.4, -0.2) is 35.1 Å². The van der Waals surface area contributed by atoms with E-state index in [0.717, 1.165) is 67.8 Å². The van der Waals surface area contributed by atoms with Gasteiger partial charge in [-0.3, -0.25) is 9.59 Å². The second-order valence-corrected chi connectivity index (χ2v) is 8.69. The fourth-order valence-electron chi connectivity index (χ4n) is 5.55. The van der Waals surface area contributed by atoms with Gasteiger partial charge in [0.2, 0.25) is 0 Å². The van der Waals surface area contributed by atoms with Crippen LogP contribution in [0.3, 0.4) is 0 Å². The minimum Gasteiger partial charge on any atom is -0.493 e. The molecule has 2 bridgehead atoms. The molecule has 29 heavy (non-hydrogen) atoms. The molecule has 5 nitrogen and oxygen atoms in total. The molecule has 1 amide bonds. The highest BCUT2D eigenvalue weighted by molar-refractivity contribution is 5.94. The van der Waals surface area contributed by atoms with Gasteiger partial charge in [-0.15, -0.1) is 0 Å². The molecule has 0 saturated carbocycles. The summed E-state index contributed by atoms with van der Waals surface area (Å²) in [6.07, 6.45) is 5.05. The maximum absolute atomic E-state index is 13.4. The second-order valence-electron chi connectivity index (χ2n) is 8.69. The summed E-state index contributed by atoms with van der Waals surface area (Å²) in [7, 11) is 0. The van der Waals surface area contributed by atoms with Crippen molar-refractivity contribution in [3.8, 4) is 5.75 Å². The largest absolute Gasteiger partial charge is 0.493 e. The predicted molar refractivity (Wildman–Crippen MR) is 112 cm³/mol. The van der Waals surface area contributed by atoms with Gasteiger partial charge in [0.15, 0.2) is 0 Å². The molecule has 0 radical (unpaired) electrons. The quantitative estimate of drug-likeness (QED) is 0.799. The number of aromatic nitrogens is 1. The minimum absolute atomic E-state index is 0.102. The average molecular weight is 392 g/mol. The van der Waals surface area contributed by atoms with Crippen LogP contribution in [-0.2, 0) is 6.42 Å². The Bertz CT molecular complexity index is 996. The lowest BCUT2D eigenvalue weighted by atomic mass is 9.77. The number of amides is 1. The Kier molecular flexibility index (Phi) is 4.69. The number of hydrogen-bond acceptors (Lipinski definition) is 3. The number of ether oxygens (including phenoxy) is 1. The van der Waals surface area contributed by atoms with Crippen LogP contribution in [0, 0.1) is 5.92 Å². The highest BCUT2D eigenvalue weighted by Gasteiger charge is 2.41. The Labute approximate surface area is 171 Å². The smallest absolute Gasteiger partial charge is 0.253 e. The molecular formula is C24H28N2O3. The van der Waals surface area contributed by atoms with E-state index in [0.29, 0.717) is 12.5 Å². The van der Waals surface area contributed by atoms with Crippen LogP contribution in [0.15, 0.2) is 41.2 Å². The van der Waals surface area contributed by atoms with Gasteiger partial charge in [0.05, 0.1) is 6.61 Å². The van der Waals surface area contributed by atoms with Gasteiger partial charge in [0.25, 0.3) is 11.5 Å². The standard InChI is InChI=1S/C24H28N2O3/c1-2-5-20-18-13-19(21-7-3-8-23(27)26(20)21)15-25(14-18)24(28)17-9-10-22-16(12-17)6-4-11-29-22/h3,7-10,12,18-20H,2,4-6,11,13-15H2,1H3/t18-,19+,20-/m0/s1. The lowest BCUT2D eigenvalue weighted by Gasteiger charge is -2.47. The molecule has 1 aromatic heterocycles. The van der Waals surface area contributed by atoms with E-state index in [1.807, 2.05) is 33.7 Å². The third kappa shape index (κ3) is 3.17. The number of pyridine rings is 1. The first kappa shape index (κ1) is 18.5. The van der Waals surface area contributed by atoms with Crippen LogP contribution in [0.1, 0.15) is 66.2 Å². The highest BCUT2D eigenvalue weighted by atomic mass is 16.5. The summed E-state index contributed by atoms with van der Waals surface area (Å²) in [4.78, 5) is 28.0. The monoisotopic (exact) mass is 392 g/mol. The summed E-state index contributed by atoms with van der Waals surface area (Å²) in [6.45, 7) is 4.34. The Morgan fingerprint density at radius 2 is 2.10 bits per heavy atom. The van der Waals surface area contributed by atoms with Crippen LogP contribution in [0.4, 0.5) is 0 Å². The first-order valence-corrected chi connectivity index (χ1v) is 10.9. The van der Waals surface area contributed by atoms with E-state index in [1.54, 1.807) is 6.07 Å². The van der Waals surface area contributed by atoms with E-state index in [9.17, 15) is 9.59 Å². The third-order valence-corrected chi connectivity index (χ3v) is 6.83. The zero-order valence-corrected chi connectivity index (χ0v) is 17.0. The number of aryl methyl sites for hydroxylation is 1. The molecule has 152 valence electrons. The molecule has 5 heteroatoms. The normalized spacial score (nSPS) is 25.0. The molecule has 2 aromatic rings. The molecule has 0 N–H and O–H groups in total. The van der Waals surface area contributed by atoms with E-state index in [2.05, 4.69) is 13.0 Å². The number of piperidine rings is 1. The van der Waals surface area contributed by atoms with E-state index in [4.69, 9.17) is 4.74 Å². The van der Waals surface area contributed by atoms with Gasteiger partial charge in [-0.2, -0.15) is 0 Å². The van der Waals surface area contributed by atoms with E-state index < -0.39 is 0 Å². The fraction of sp³-hybridized carbons (Fsp3) is 0.500. The Hall–Kier alpha value is -2.56. The molecule has 1 aromatic carbocycles. The van der Waals surface area contributed by atoms with Crippen molar-refractivity contribution in [3.05, 3.63) is 63.6 Å². The Morgan fingerprint density at radius 3 is 2.97 bits per heavy atom. The molecule has 1 saturated heterocycles. The van der Waals surface area contributed by atoms with Gasteiger partial charge in [0.1, 0.15) is 5.75 Å². The maximum Gasteiger partial charge on any atom is 0.253 e. The SMILES string of the molecule is CCC[C@H]1[C@H]2C[C@H](CN(C(=O)c3ccc4c(c3)CCCO4)C2)c2cccc(=O)n21. The van der Waals surface area contributed by atoms with Crippen LogP contribution in [0.25, 0.3) is 0 Å². The Balaban J connectivity index is 1.46. The van der Waals surface area contributed by atoms with Gasteiger partial charge < -0.3 is 14.2 Å². The summed E-state index contributed by atoms with van der Waals surface area (Å²) in [5, 5.41) is 0. The van der Waals surface area contributed by atoms with Gasteiger partial charge in [-0.25, -0.2) is 0 Å². The molecule has 0 aliphatic carbocycles. The molecular weight excluding hydrogens is 364 g/mol. The average Bonchev–Trinajstić information content (AvgIpc) is 2.76. The summed E-state index contributed by atoms with van der Waals surface area (Å²) < 4.78 is 7.73. The molecule has 5 rings (SSSR count). The second kappa shape index (κ2) is 7.36. The van der Waals surface area contributed by atoms with Gasteiger partial charge in [0, 0.05) is 42.4 Å². The Morgan fingerprint density at radius 1 is 1.21 bits per heavy atom. The van der Waals surface area contributed by atoms with Crippen LogP contribution < -0.4 is 10.3 Å². The van der Waals surface area contributed by atoms with Gasteiger partial charge in [-0.05, 0) is 61.4 Å². The number of rotatable bonds is 3. The number of carbonyl (C=O) groups excluding carboxylic acids is 1. The topological polar surface area (TPSA) is 51.5 Å².